The van der Waals surface area contributed by atoms with Crippen molar-refractivity contribution < 1.29 is 28.2 Å². The summed E-state index contributed by atoms with van der Waals surface area (Å²) in [6.45, 7) is 2.00. The molecule has 186 valence electrons. The van der Waals surface area contributed by atoms with Crippen LogP contribution >= 0.6 is 0 Å². The standard InChI is InChI=1S/C27H26FN3O5/c1-34-24-16-18(6-11-23(24)36-17-25(32)30-12-14-35-15-13-30)26-29-22-5-3-2-4-21(22)27(33)31(26)20-9-7-19(28)8-10-20/h2-11,16,26,29H,12-15,17H2,1H3/t26-/m1/s1. The van der Waals surface area contributed by atoms with E-state index in [9.17, 15) is 14.0 Å². The molecular weight excluding hydrogens is 465 g/mol. The Balaban J connectivity index is 1.43. The highest BCUT2D eigenvalue weighted by molar-refractivity contribution is 6.12. The lowest BCUT2D eigenvalue weighted by molar-refractivity contribution is -0.137. The van der Waals surface area contributed by atoms with E-state index < -0.39 is 6.17 Å². The number of anilines is 2. The molecule has 0 radical (unpaired) electrons. The number of para-hydroxylation sites is 1. The zero-order chi connectivity index (χ0) is 25.1. The zero-order valence-corrected chi connectivity index (χ0v) is 19.8. The van der Waals surface area contributed by atoms with Gasteiger partial charge in [0.2, 0.25) is 0 Å². The molecule has 0 aromatic heterocycles. The van der Waals surface area contributed by atoms with Gasteiger partial charge < -0.3 is 24.4 Å². The van der Waals surface area contributed by atoms with Crippen LogP contribution < -0.4 is 19.7 Å². The summed E-state index contributed by atoms with van der Waals surface area (Å²) in [7, 11) is 1.52. The molecule has 0 unspecified atom stereocenters. The van der Waals surface area contributed by atoms with E-state index in [4.69, 9.17) is 14.2 Å². The molecule has 36 heavy (non-hydrogen) atoms. The number of halogens is 1. The monoisotopic (exact) mass is 491 g/mol. The van der Waals surface area contributed by atoms with Gasteiger partial charge in [-0.1, -0.05) is 18.2 Å². The quantitative estimate of drug-likeness (QED) is 0.565. The van der Waals surface area contributed by atoms with Crippen LogP contribution in [-0.4, -0.2) is 56.7 Å². The third kappa shape index (κ3) is 4.70. The van der Waals surface area contributed by atoms with Crippen LogP contribution in [0.4, 0.5) is 15.8 Å². The van der Waals surface area contributed by atoms with Gasteiger partial charge in [-0.05, 0) is 54.1 Å². The second kappa shape index (κ2) is 10.2. The van der Waals surface area contributed by atoms with Crippen molar-refractivity contribution in [3.63, 3.8) is 0 Å². The molecule has 2 aliphatic heterocycles. The lowest BCUT2D eigenvalue weighted by Crippen LogP contribution is -2.43. The normalized spacial score (nSPS) is 17.3. The average molecular weight is 492 g/mol. The van der Waals surface area contributed by atoms with Gasteiger partial charge in [0.15, 0.2) is 18.1 Å². The van der Waals surface area contributed by atoms with E-state index in [0.29, 0.717) is 54.7 Å². The fourth-order valence-corrected chi connectivity index (χ4v) is 4.37. The van der Waals surface area contributed by atoms with Gasteiger partial charge in [-0.2, -0.15) is 0 Å². The van der Waals surface area contributed by atoms with Gasteiger partial charge in [-0.3, -0.25) is 14.5 Å². The highest BCUT2D eigenvalue weighted by Crippen LogP contribution is 2.39. The molecule has 3 aromatic carbocycles. The Morgan fingerprint density at radius 3 is 2.56 bits per heavy atom. The first-order valence-electron chi connectivity index (χ1n) is 11.7. The van der Waals surface area contributed by atoms with Crippen molar-refractivity contribution in [1.82, 2.24) is 4.90 Å². The summed E-state index contributed by atoms with van der Waals surface area (Å²) in [5.41, 5.74) is 2.49. The van der Waals surface area contributed by atoms with Crippen molar-refractivity contribution in [1.29, 1.82) is 0 Å². The first kappa shape index (κ1) is 23.6. The van der Waals surface area contributed by atoms with Crippen LogP contribution in [0.3, 0.4) is 0 Å². The van der Waals surface area contributed by atoms with Crippen LogP contribution in [0.15, 0.2) is 66.7 Å². The molecule has 5 rings (SSSR count). The number of carbonyl (C=O) groups excluding carboxylic acids is 2. The number of hydrogen-bond donors (Lipinski definition) is 1. The van der Waals surface area contributed by atoms with Gasteiger partial charge in [-0.15, -0.1) is 0 Å². The molecule has 8 nitrogen and oxygen atoms in total. The summed E-state index contributed by atoms with van der Waals surface area (Å²) in [5, 5.41) is 3.41. The van der Waals surface area contributed by atoms with Gasteiger partial charge in [0, 0.05) is 24.5 Å². The summed E-state index contributed by atoms with van der Waals surface area (Å²) < 4.78 is 30.3. The minimum absolute atomic E-state index is 0.120. The molecule has 1 atom stereocenters. The van der Waals surface area contributed by atoms with E-state index >= 15 is 0 Å². The molecule has 2 heterocycles. The molecule has 0 bridgehead atoms. The van der Waals surface area contributed by atoms with Crippen molar-refractivity contribution in [3.8, 4) is 11.5 Å². The SMILES string of the molecule is COc1cc([C@@H]2Nc3ccccc3C(=O)N2c2ccc(F)cc2)ccc1OCC(=O)N1CCOCC1. The summed E-state index contributed by atoms with van der Waals surface area (Å²) in [5.74, 6) is 0.121. The topological polar surface area (TPSA) is 80.3 Å². The second-order valence-electron chi connectivity index (χ2n) is 8.44. The smallest absolute Gasteiger partial charge is 0.262 e. The first-order chi connectivity index (χ1) is 17.5. The predicted octanol–water partition coefficient (Wildman–Crippen LogP) is 3.84. The molecule has 1 saturated heterocycles. The fraction of sp³-hybridized carbons (Fsp3) is 0.259. The Labute approximate surface area is 208 Å². The Kier molecular flexibility index (Phi) is 6.73. The van der Waals surface area contributed by atoms with Crippen LogP contribution in [0.2, 0.25) is 0 Å². The maximum Gasteiger partial charge on any atom is 0.262 e. The summed E-state index contributed by atoms with van der Waals surface area (Å²) in [6.07, 6.45) is -0.587. The highest BCUT2D eigenvalue weighted by atomic mass is 19.1. The Hall–Kier alpha value is -4.11. The largest absolute Gasteiger partial charge is 0.493 e. The van der Waals surface area contributed by atoms with Crippen molar-refractivity contribution in [3.05, 3.63) is 83.7 Å². The van der Waals surface area contributed by atoms with Gasteiger partial charge in [-0.25, -0.2) is 4.39 Å². The Morgan fingerprint density at radius 2 is 1.81 bits per heavy atom. The number of fused-ring (bicyclic) bond motifs is 1. The molecule has 0 aliphatic carbocycles. The number of methoxy groups -OCH3 is 1. The molecule has 9 heteroatoms. The van der Waals surface area contributed by atoms with Crippen LogP contribution in [0.1, 0.15) is 22.1 Å². The van der Waals surface area contributed by atoms with E-state index in [1.54, 1.807) is 46.2 Å². The first-order valence-corrected chi connectivity index (χ1v) is 11.7. The number of rotatable bonds is 6. The third-order valence-corrected chi connectivity index (χ3v) is 6.25. The highest BCUT2D eigenvalue weighted by Gasteiger charge is 2.34. The Morgan fingerprint density at radius 1 is 1.06 bits per heavy atom. The third-order valence-electron chi connectivity index (χ3n) is 6.25. The Bertz CT molecular complexity index is 1260. The van der Waals surface area contributed by atoms with Crippen LogP contribution in [0, 0.1) is 5.82 Å². The fourth-order valence-electron chi connectivity index (χ4n) is 4.37. The van der Waals surface area contributed by atoms with Gasteiger partial charge in [0.25, 0.3) is 11.8 Å². The summed E-state index contributed by atoms with van der Waals surface area (Å²) in [4.78, 5) is 29.3. The van der Waals surface area contributed by atoms with Crippen LogP contribution in [0.5, 0.6) is 11.5 Å². The summed E-state index contributed by atoms with van der Waals surface area (Å²) >= 11 is 0. The molecule has 1 fully saturated rings. The lowest BCUT2D eigenvalue weighted by atomic mass is 10.0. The van der Waals surface area contributed by atoms with Gasteiger partial charge >= 0.3 is 0 Å². The van der Waals surface area contributed by atoms with E-state index in [2.05, 4.69) is 5.32 Å². The minimum atomic E-state index is -0.587. The molecular formula is C27H26FN3O5. The molecule has 0 spiro atoms. The number of morpholine rings is 1. The van der Waals surface area contributed by atoms with Crippen molar-refractivity contribution >= 4 is 23.2 Å². The maximum atomic E-state index is 13.6. The number of amides is 2. The second-order valence-corrected chi connectivity index (χ2v) is 8.44. The number of ether oxygens (including phenoxy) is 3. The zero-order valence-electron chi connectivity index (χ0n) is 19.8. The summed E-state index contributed by atoms with van der Waals surface area (Å²) in [6, 6.07) is 18.3. The molecule has 0 saturated carbocycles. The lowest BCUT2D eigenvalue weighted by Gasteiger charge is -2.38. The predicted molar refractivity (Wildman–Crippen MR) is 132 cm³/mol. The van der Waals surface area contributed by atoms with E-state index in [1.807, 2.05) is 18.2 Å². The number of carbonyl (C=O) groups is 2. The molecule has 2 aliphatic rings. The number of benzene rings is 3. The minimum Gasteiger partial charge on any atom is -0.493 e. The average Bonchev–Trinajstić information content (AvgIpc) is 2.92. The maximum absolute atomic E-state index is 13.6. The van der Waals surface area contributed by atoms with E-state index in [-0.39, 0.29) is 24.2 Å². The number of hydrogen-bond acceptors (Lipinski definition) is 6. The van der Waals surface area contributed by atoms with Gasteiger partial charge in [0.1, 0.15) is 12.0 Å². The molecule has 3 aromatic rings. The van der Waals surface area contributed by atoms with Crippen LogP contribution in [-0.2, 0) is 9.53 Å². The van der Waals surface area contributed by atoms with Gasteiger partial charge in [0.05, 0.1) is 25.9 Å². The van der Waals surface area contributed by atoms with Crippen molar-refractivity contribution in [2.24, 2.45) is 0 Å². The number of nitrogens with zero attached hydrogens (tertiary/aromatic N) is 2. The molecule has 2 amide bonds. The molecule has 1 N–H and O–H groups in total. The van der Waals surface area contributed by atoms with Crippen LogP contribution in [0.25, 0.3) is 0 Å². The van der Waals surface area contributed by atoms with Crippen molar-refractivity contribution in [2.75, 3.05) is 50.2 Å². The van der Waals surface area contributed by atoms with Crippen molar-refractivity contribution in [2.45, 2.75) is 6.17 Å². The van der Waals surface area contributed by atoms with E-state index in [0.717, 1.165) is 5.56 Å². The number of nitrogens with one attached hydrogen (secondary N) is 1. The van der Waals surface area contributed by atoms with E-state index in [1.165, 1.54) is 19.2 Å².